The van der Waals surface area contributed by atoms with E-state index in [-0.39, 0.29) is 28.7 Å². The van der Waals surface area contributed by atoms with Gasteiger partial charge in [0.2, 0.25) is 0 Å². The van der Waals surface area contributed by atoms with E-state index in [2.05, 4.69) is 32.4 Å². The molecule has 1 saturated heterocycles. The van der Waals surface area contributed by atoms with E-state index in [1.165, 1.54) is 0 Å². The van der Waals surface area contributed by atoms with Gasteiger partial charge < -0.3 is 4.74 Å². The molecule has 3 heteroatoms. The number of ether oxygens (including phenoxy) is 1. The van der Waals surface area contributed by atoms with Crippen LogP contribution < -0.4 is 0 Å². The largest absolute Gasteiger partial charge is 0.393 e. The molecule has 1 aliphatic carbocycles. The maximum Gasteiger partial charge on any atom is 0.313 e. The van der Waals surface area contributed by atoms with Gasteiger partial charge in [-0.05, 0) is 22.7 Å². The molecule has 0 spiro atoms. The molecule has 2 aliphatic rings. The summed E-state index contributed by atoms with van der Waals surface area (Å²) in [5.41, 5.74) is 0.463. The van der Waals surface area contributed by atoms with Crippen LogP contribution in [0.15, 0.2) is 0 Å². The van der Waals surface area contributed by atoms with Crippen LogP contribution in [0.25, 0.3) is 0 Å². The van der Waals surface area contributed by atoms with E-state index in [1.54, 1.807) is 0 Å². The highest BCUT2D eigenvalue weighted by atomic mass is 16.6. The lowest BCUT2D eigenvalue weighted by Gasteiger charge is -2.21. The second kappa shape index (κ2) is 2.83. The zero-order chi connectivity index (χ0) is 11.4. The standard InChI is InChI=1S/C12H18O3/c1-11(2)10(12(11,3)4)7-5-8(13)15-9(14)6-7/h7,10H,5-6H2,1-4H3. The Morgan fingerprint density at radius 3 is 1.73 bits per heavy atom. The maximum atomic E-state index is 11.2. The van der Waals surface area contributed by atoms with Gasteiger partial charge in [0.15, 0.2) is 0 Å². The number of hydrogen-bond acceptors (Lipinski definition) is 3. The molecule has 2 rings (SSSR count). The van der Waals surface area contributed by atoms with Crippen LogP contribution in [0, 0.1) is 22.7 Å². The molecule has 0 aromatic rings. The zero-order valence-electron chi connectivity index (χ0n) is 9.79. The van der Waals surface area contributed by atoms with Crippen LogP contribution in [-0.4, -0.2) is 11.9 Å². The lowest BCUT2D eigenvalue weighted by Crippen LogP contribution is -2.28. The van der Waals surface area contributed by atoms with Crippen molar-refractivity contribution in [2.75, 3.05) is 0 Å². The highest BCUT2D eigenvalue weighted by molar-refractivity contribution is 5.88. The Bertz CT molecular complexity index is 298. The third-order valence-corrected chi connectivity index (χ3v) is 4.69. The number of carbonyl (C=O) groups is 2. The monoisotopic (exact) mass is 210 g/mol. The first-order valence-corrected chi connectivity index (χ1v) is 5.50. The molecule has 0 atom stereocenters. The van der Waals surface area contributed by atoms with Gasteiger partial charge >= 0.3 is 11.9 Å². The molecule has 0 N–H and O–H groups in total. The van der Waals surface area contributed by atoms with Gasteiger partial charge in [0, 0.05) is 12.8 Å². The van der Waals surface area contributed by atoms with Gasteiger partial charge in [-0.25, -0.2) is 0 Å². The highest BCUT2D eigenvalue weighted by Crippen LogP contribution is 2.72. The lowest BCUT2D eigenvalue weighted by atomic mass is 9.89. The van der Waals surface area contributed by atoms with E-state index in [0.717, 1.165) is 0 Å². The molecule has 0 bridgehead atoms. The molecule has 15 heavy (non-hydrogen) atoms. The fourth-order valence-corrected chi connectivity index (χ4v) is 3.37. The fraction of sp³-hybridized carbons (Fsp3) is 0.833. The van der Waals surface area contributed by atoms with E-state index in [4.69, 9.17) is 0 Å². The van der Waals surface area contributed by atoms with Gasteiger partial charge in [-0.2, -0.15) is 0 Å². The summed E-state index contributed by atoms with van der Waals surface area (Å²) < 4.78 is 4.55. The van der Waals surface area contributed by atoms with Gasteiger partial charge in [-0.3, -0.25) is 9.59 Å². The Labute approximate surface area is 90.2 Å². The van der Waals surface area contributed by atoms with Crippen molar-refractivity contribution >= 4 is 11.9 Å². The van der Waals surface area contributed by atoms with E-state index < -0.39 is 0 Å². The summed E-state index contributed by atoms with van der Waals surface area (Å²) in [6.07, 6.45) is 0.812. The highest BCUT2D eigenvalue weighted by Gasteiger charge is 2.67. The normalized spacial score (nSPS) is 30.1. The Kier molecular flexibility index (Phi) is 2.01. The minimum Gasteiger partial charge on any atom is -0.393 e. The van der Waals surface area contributed by atoms with Crippen molar-refractivity contribution in [1.29, 1.82) is 0 Å². The fourth-order valence-electron chi connectivity index (χ4n) is 3.37. The van der Waals surface area contributed by atoms with Crippen LogP contribution in [0.2, 0.25) is 0 Å². The first kappa shape index (κ1) is 10.7. The summed E-state index contributed by atoms with van der Waals surface area (Å²) in [4.78, 5) is 22.4. The van der Waals surface area contributed by atoms with Gasteiger partial charge in [0.05, 0.1) is 0 Å². The van der Waals surface area contributed by atoms with Gasteiger partial charge in [-0.15, -0.1) is 0 Å². The maximum absolute atomic E-state index is 11.2. The van der Waals surface area contributed by atoms with Crippen LogP contribution >= 0.6 is 0 Å². The molecular formula is C12H18O3. The molecule has 0 aromatic heterocycles. The Morgan fingerprint density at radius 1 is 1.00 bits per heavy atom. The quantitative estimate of drug-likeness (QED) is 0.492. The first-order chi connectivity index (χ1) is 6.76. The minimum absolute atomic E-state index is 0.184. The summed E-state index contributed by atoms with van der Waals surface area (Å²) in [5.74, 6) is -0.0601. The molecule has 0 unspecified atom stereocenters. The van der Waals surface area contributed by atoms with E-state index >= 15 is 0 Å². The summed E-state index contributed by atoms with van der Waals surface area (Å²) in [6.45, 7) is 8.84. The van der Waals surface area contributed by atoms with Crippen molar-refractivity contribution < 1.29 is 14.3 Å². The van der Waals surface area contributed by atoms with Crippen LogP contribution in [0.4, 0.5) is 0 Å². The predicted molar refractivity (Wildman–Crippen MR) is 54.9 cm³/mol. The van der Waals surface area contributed by atoms with Crippen LogP contribution in [0.5, 0.6) is 0 Å². The average Bonchev–Trinajstić information content (AvgIpc) is 2.39. The molecule has 1 saturated carbocycles. The summed E-state index contributed by atoms with van der Waals surface area (Å²) >= 11 is 0. The minimum atomic E-state index is -0.352. The van der Waals surface area contributed by atoms with E-state index in [0.29, 0.717) is 18.8 Å². The molecule has 2 fully saturated rings. The molecule has 0 amide bonds. The van der Waals surface area contributed by atoms with Crippen LogP contribution in [-0.2, 0) is 14.3 Å². The average molecular weight is 210 g/mol. The zero-order valence-corrected chi connectivity index (χ0v) is 9.79. The topological polar surface area (TPSA) is 43.4 Å². The molecule has 0 radical (unpaired) electrons. The number of rotatable bonds is 1. The van der Waals surface area contributed by atoms with Crippen molar-refractivity contribution in [1.82, 2.24) is 0 Å². The Morgan fingerprint density at radius 2 is 1.40 bits per heavy atom. The Balaban J connectivity index is 2.14. The molecule has 1 aliphatic heterocycles. The van der Waals surface area contributed by atoms with Crippen molar-refractivity contribution in [2.24, 2.45) is 22.7 Å². The second-order valence-corrected chi connectivity index (χ2v) is 5.94. The van der Waals surface area contributed by atoms with Crippen molar-refractivity contribution in [3.8, 4) is 0 Å². The molecule has 0 aromatic carbocycles. The predicted octanol–water partition coefficient (Wildman–Crippen LogP) is 2.15. The summed E-state index contributed by atoms with van der Waals surface area (Å²) in [7, 11) is 0. The van der Waals surface area contributed by atoms with E-state index in [9.17, 15) is 9.59 Å². The third-order valence-electron chi connectivity index (χ3n) is 4.69. The summed E-state index contributed by atoms with van der Waals surface area (Å²) in [6, 6.07) is 0. The first-order valence-electron chi connectivity index (χ1n) is 5.50. The second-order valence-electron chi connectivity index (χ2n) is 5.94. The van der Waals surface area contributed by atoms with Gasteiger partial charge in [-0.1, -0.05) is 27.7 Å². The third kappa shape index (κ3) is 1.40. The van der Waals surface area contributed by atoms with Gasteiger partial charge in [0.25, 0.3) is 0 Å². The van der Waals surface area contributed by atoms with E-state index in [1.807, 2.05) is 0 Å². The number of cyclic esters (lactones) is 2. The molecule has 3 nitrogen and oxygen atoms in total. The van der Waals surface area contributed by atoms with Crippen LogP contribution in [0.3, 0.4) is 0 Å². The number of hydrogen-bond donors (Lipinski definition) is 0. The lowest BCUT2D eigenvalue weighted by molar-refractivity contribution is -0.166. The summed E-state index contributed by atoms with van der Waals surface area (Å²) in [5, 5.41) is 0. The Hall–Kier alpha value is -0.860. The van der Waals surface area contributed by atoms with Crippen LogP contribution in [0.1, 0.15) is 40.5 Å². The SMILES string of the molecule is CC1(C)C(C2CC(=O)OC(=O)C2)C1(C)C. The smallest absolute Gasteiger partial charge is 0.313 e. The molecular weight excluding hydrogens is 192 g/mol. The number of esters is 2. The van der Waals surface area contributed by atoms with Gasteiger partial charge in [0.1, 0.15) is 0 Å². The molecule has 84 valence electrons. The number of carbonyl (C=O) groups excluding carboxylic acids is 2. The van der Waals surface area contributed by atoms with Crippen molar-refractivity contribution in [3.05, 3.63) is 0 Å². The molecule has 1 heterocycles. The van der Waals surface area contributed by atoms with Crippen molar-refractivity contribution in [3.63, 3.8) is 0 Å². The van der Waals surface area contributed by atoms with Crippen molar-refractivity contribution in [2.45, 2.75) is 40.5 Å².